The van der Waals surface area contributed by atoms with Crippen LogP contribution >= 0.6 is 0 Å². The van der Waals surface area contributed by atoms with Gasteiger partial charge in [-0.3, -0.25) is 15.1 Å². The molecule has 0 spiro atoms. The Morgan fingerprint density at radius 1 is 0.840 bits per heavy atom. The van der Waals surface area contributed by atoms with E-state index in [0.717, 1.165) is 0 Å². The van der Waals surface area contributed by atoms with Crippen molar-refractivity contribution in [3.05, 3.63) is 5.32 Å². The maximum Gasteiger partial charge on any atom is 3.00 e. The van der Waals surface area contributed by atoms with Crippen LogP contribution in [0.25, 0.3) is 5.32 Å². The van der Waals surface area contributed by atoms with E-state index in [1.807, 2.05) is 14.1 Å². The Hall–Kier alpha value is 0.974. The third kappa shape index (κ3) is 10.8. The van der Waals surface area contributed by atoms with Crippen LogP contribution in [0.3, 0.4) is 0 Å². The molecule has 0 aliphatic carbocycles. The van der Waals surface area contributed by atoms with Gasteiger partial charge in [0.25, 0.3) is 0 Å². The van der Waals surface area contributed by atoms with Crippen LogP contribution in [-0.4, -0.2) is 103 Å². The first kappa shape index (κ1) is 30.7. The first-order chi connectivity index (χ1) is 10.5. The molecule has 1 saturated heterocycles. The summed E-state index contributed by atoms with van der Waals surface area (Å²) in [7, 11) is 10.8. The molecule has 1 aliphatic heterocycles. The van der Waals surface area contributed by atoms with Gasteiger partial charge in [-0.1, -0.05) is 0 Å². The van der Waals surface area contributed by atoms with Crippen molar-refractivity contribution in [3.8, 4) is 0 Å². The summed E-state index contributed by atoms with van der Waals surface area (Å²) in [6, 6.07) is 0. The van der Waals surface area contributed by atoms with E-state index in [1.54, 1.807) is 28.4 Å². The number of nitrogens with one attached hydrogen (secondary N) is 1. The summed E-state index contributed by atoms with van der Waals surface area (Å²) in [5, 5.41) is 7.87. The van der Waals surface area contributed by atoms with Gasteiger partial charge in [-0.05, 0) is 20.3 Å². The molecule has 1 heterocycles. The minimum atomic E-state index is -0.230. The molecule has 1 radical (unpaired) electrons. The number of methoxy groups -OCH3 is 4. The molecule has 0 amide bonds. The molecule has 0 bridgehead atoms. The molecule has 0 aromatic heterocycles. The van der Waals surface area contributed by atoms with E-state index >= 15 is 0 Å². The molecule has 1 N–H and O–H groups in total. The van der Waals surface area contributed by atoms with Crippen molar-refractivity contribution in [1.29, 1.82) is 0 Å². The Bertz CT molecular complexity index is 314. The largest absolute Gasteiger partial charge is 3.00 e. The maximum absolute atomic E-state index is 5.60. The summed E-state index contributed by atoms with van der Waals surface area (Å²) >= 11 is 0. The molecular formula is C14H31Cl2N4O4Ti. The minimum absolute atomic E-state index is 0. The SMILES string of the molecule is COC1CNC(OC)CN(C)C(OC)CN(C)C(OC)C[N-]1.[Cl-].[Cl-].[Ti+3]. The topological polar surface area (TPSA) is 69.5 Å². The summed E-state index contributed by atoms with van der Waals surface area (Å²) in [4.78, 5) is 4.21. The predicted octanol–water partition coefficient (Wildman–Crippen LogP) is -6.28. The third-order valence-electron chi connectivity index (χ3n) is 3.97. The first-order valence-electron chi connectivity index (χ1n) is 7.47. The van der Waals surface area contributed by atoms with Crippen molar-refractivity contribution < 1.29 is 65.5 Å². The average molecular weight is 438 g/mol. The maximum atomic E-state index is 5.60. The molecule has 1 fully saturated rings. The van der Waals surface area contributed by atoms with Crippen molar-refractivity contribution in [2.75, 3.05) is 68.7 Å². The zero-order valence-electron chi connectivity index (χ0n) is 15.9. The third-order valence-corrected chi connectivity index (χ3v) is 3.97. The van der Waals surface area contributed by atoms with Crippen molar-refractivity contribution in [2.45, 2.75) is 24.9 Å². The summed E-state index contributed by atoms with van der Waals surface area (Å²) in [5.41, 5.74) is 0. The number of likely N-dealkylation sites (N-methyl/N-ethyl adjacent to an activating group) is 2. The zero-order valence-corrected chi connectivity index (χ0v) is 18.9. The van der Waals surface area contributed by atoms with Gasteiger partial charge in [0.2, 0.25) is 0 Å². The van der Waals surface area contributed by atoms with Crippen LogP contribution in [0.5, 0.6) is 0 Å². The predicted molar refractivity (Wildman–Crippen MR) is 84.7 cm³/mol. The van der Waals surface area contributed by atoms with E-state index < -0.39 is 0 Å². The minimum Gasteiger partial charge on any atom is -1.00 e. The number of halogens is 2. The molecule has 4 unspecified atom stereocenters. The molecule has 149 valence electrons. The molecule has 11 heteroatoms. The van der Waals surface area contributed by atoms with Gasteiger partial charge in [0.1, 0.15) is 12.5 Å². The van der Waals surface area contributed by atoms with Gasteiger partial charge in [0, 0.05) is 48.1 Å². The van der Waals surface area contributed by atoms with Gasteiger partial charge in [-0.15, -0.1) is 6.54 Å². The zero-order chi connectivity index (χ0) is 16.5. The summed E-state index contributed by atoms with van der Waals surface area (Å²) in [6.45, 7) is 2.51. The monoisotopic (exact) mass is 437 g/mol. The molecule has 4 atom stereocenters. The van der Waals surface area contributed by atoms with Gasteiger partial charge in [-0.25, -0.2) is 0 Å². The summed E-state index contributed by atoms with van der Waals surface area (Å²) in [6.07, 6.45) is -0.508. The number of hydrogen-bond donors (Lipinski definition) is 1. The summed E-state index contributed by atoms with van der Waals surface area (Å²) < 4.78 is 22.0. The van der Waals surface area contributed by atoms with E-state index in [1.165, 1.54) is 0 Å². The van der Waals surface area contributed by atoms with Crippen molar-refractivity contribution in [2.24, 2.45) is 0 Å². The van der Waals surface area contributed by atoms with Crippen molar-refractivity contribution >= 4 is 0 Å². The fourth-order valence-electron chi connectivity index (χ4n) is 2.42. The number of ether oxygens (including phenoxy) is 4. The van der Waals surface area contributed by atoms with Crippen molar-refractivity contribution in [3.63, 3.8) is 0 Å². The number of nitrogens with zero attached hydrogens (tertiary/aromatic N) is 3. The van der Waals surface area contributed by atoms with Crippen molar-refractivity contribution in [1.82, 2.24) is 15.1 Å². The van der Waals surface area contributed by atoms with Gasteiger partial charge in [-0.2, -0.15) is 0 Å². The molecule has 0 aromatic rings. The standard InChI is InChI=1S/C14H31N4O4.2ClH.Ti/c1-17-9-12(20-4)15-7-11(19-3)16-8-13(21-5)18(2)10-14(17)22-6;;;/h11-15H,7-10H2,1-6H3;2*1H;/q-1;;;+3/p-2. The number of rotatable bonds is 4. The van der Waals surface area contributed by atoms with Crippen LogP contribution in [0, 0.1) is 0 Å². The second kappa shape index (κ2) is 17.1. The summed E-state index contributed by atoms with van der Waals surface area (Å²) in [5.74, 6) is 0. The Morgan fingerprint density at radius 3 is 1.88 bits per heavy atom. The van der Waals surface area contributed by atoms with E-state index in [9.17, 15) is 0 Å². The van der Waals surface area contributed by atoms with Gasteiger partial charge in [0.05, 0.1) is 6.23 Å². The number of hydrogen-bond acceptors (Lipinski definition) is 7. The smallest absolute Gasteiger partial charge is 1.00 e. The van der Waals surface area contributed by atoms with Crippen LogP contribution < -0.4 is 30.1 Å². The molecule has 0 saturated carbocycles. The van der Waals surface area contributed by atoms with Gasteiger partial charge in [0.15, 0.2) is 0 Å². The van der Waals surface area contributed by atoms with Crippen LogP contribution in [-0.2, 0) is 40.7 Å². The van der Waals surface area contributed by atoms with E-state index in [2.05, 4.69) is 20.4 Å². The van der Waals surface area contributed by atoms with Crippen LogP contribution in [0.4, 0.5) is 0 Å². The van der Waals surface area contributed by atoms with Gasteiger partial charge >= 0.3 is 21.7 Å². The molecule has 1 rings (SSSR count). The van der Waals surface area contributed by atoms with E-state index in [-0.39, 0.29) is 71.4 Å². The molecule has 0 aromatic carbocycles. The Morgan fingerprint density at radius 2 is 1.40 bits per heavy atom. The quantitative estimate of drug-likeness (QED) is 0.439. The van der Waals surface area contributed by atoms with E-state index in [0.29, 0.717) is 26.2 Å². The normalized spacial score (nSPS) is 30.0. The van der Waals surface area contributed by atoms with Crippen LogP contribution in [0.15, 0.2) is 0 Å². The fourth-order valence-corrected chi connectivity index (χ4v) is 2.42. The second-order valence-corrected chi connectivity index (χ2v) is 5.45. The van der Waals surface area contributed by atoms with Crippen LogP contribution in [0.1, 0.15) is 0 Å². The molecule has 25 heavy (non-hydrogen) atoms. The Labute approximate surface area is 179 Å². The molecule has 1 aliphatic rings. The Balaban J connectivity index is -0.00000161. The molecule has 8 nitrogen and oxygen atoms in total. The van der Waals surface area contributed by atoms with Gasteiger partial charge < -0.3 is 49.1 Å². The molecular weight excluding hydrogens is 407 g/mol. The van der Waals surface area contributed by atoms with Crippen LogP contribution in [0.2, 0.25) is 0 Å². The second-order valence-electron chi connectivity index (χ2n) is 5.45. The Kier molecular flexibility index (Phi) is 21.0. The average Bonchev–Trinajstić information content (AvgIpc) is 2.53. The van der Waals surface area contributed by atoms with E-state index in [4.69, 9.17) is 18.9 Å². The fraction of sp³-hybridized carbons (Fsp3) is 1.00. The first-order valence-corrected chi connectivity index (χ1v) is 7.47.